The first-order chi connectivity index (χ1) is 7.44. The van der Waals surface area contributed by atoms with Crippen molar-refractivity contribution in [2.45, 2.75) is 24.0 Å². The molecular formula is C9H12N2O2S3. The Morgan fingerprint density at radius 2 is 2.31 bits per heavy atom. The molecule has 0 bridgehead atoms. The van der Waals surface area contributed by atoms with E-state index < -0.39 is 5.54 Å². The van der Waals surface area contributed by atoms with Crippen LogP contribution >= 0.6 is 34.2 Å². The Hall–Kier alpha value is -0.400. The van der Waals surface area contributed by atoms with Gasteiger partial charge in [-0.3, -0.25) is 10.1 Å². The maximum Gasteiger partial charge on any atom is 0.257 e. The van der Waals surface area contributed by atoms with Crippen molar-refractivity contribution in [3.63, 3.8) is 0 Å². The van der Waals surface area contributed by atoms with Crippen LogP contribution in [-0.2, 0) is 0 Å². The van der Waals surface area contributed by atoms with Crippen molar-refractivity contribution >= 4 is 39.3 Å². The van der Waals surface area contributed by atoms with Gasteiger partial charge in [-0.15, -0.1) is 0 Å². The Morgan fingerprint density at radius 1 is 1.62 bits per heavy atom. The van der Waals surface area contributed by atoms with E-state index in [1.165, 1.54) is 30.0 Å². The monoisotopic (exact) mass is 276 g/mol. The molecule has 0 amide bonds. The van der Waals surface area contributed by atoms with Crippen LogP contribution in [0.15, 0.2) is 29.4 Å². The van der Waals surface area contributed by atoms with Gasteiger partial charge in [0.25, 0.3) is 5.54 Å². The van der Waals surface area contributed by atoms with E-state index in [0.29, 0.717) is 0 Å². The smallest absolute Gasteiger partial charge is 0.257 e. The Morgan fingerprint density at radius 3 is 2.88 bits per heavy atom. The van der Waals surface area contributed by atoms with Crippen LogP contribution in [0.3, 0.4) is 0 Å². The van der Waals surface area contributed by atoms with Crippen LogP contribution in [0.5, 0.6) is 0 Å². The van der Waals surface area contributed by atoms with Gasteiger partial charge in [0.15, 0.2) is 0 Å². The van der Waals surface area contributed by atoms with Crippen molar-refractivity contribution in [2.24, 2.45) is 4.99 Å². The van der Waals surface area contributed by atoms with Gasteiger partial charge in [0, 0.05) is 24.1 Å². The first-order valence-corrected chi connectivity index (χ1v) is 7.27. The fourth-order valence-electron chi connectivity index (χ4n) is 0.890. The van der Waals surface area contributed by atoms with E-state index >= 15 is 0 Å². The highest BCUT2D eigenvalue weighted by atomic mass is 33.1. The van der Waals surface area contributed by atoms with Crippen LogP contribution in [0.1, 0.15) is 13.8 Å². The van der Waals surface area contributed by atoms with Crippen LogP contribution in [0, 0.1) is 10.1 Å². The van der Waals surface area contributed by atoms with Crippen molar-refractivity contribution in [3.8, 4) is 0 Å². The lowest BCUT2D eigenvalue weighted by Crippen LogP contribution is -2.29. The normalized spacial score (nSPS) is 26.1. The summed E-state index contributed by atoms with van der Waals surface area (Å²) >= 11 is 4.23. The molecule has 0 saturated carbocycles. The Kier molecular flexibility index (Phi) is 4.94. The van der Waals surface area contributed by atoms with Crippen LogP contribution in [0.2, 0.25) is 0 Å². The lowest BCUT2D eigenvalue weighted by Gasteiger charge is -2.09. The molecule has 0 aromatic heterocycles. The maximum atomic E-state index is 10.8. The summed E-state index contributed by atoms with van der Waals surface area (Å²) in [6.07, 6.45) is 6.18. The highest BCUT2D eigenvalue weighted by Gasteiger charge is 2.31. The first kappa shape index (κ1) is 13.7. The summed E-state index contributed by atoms with van der Waals surface area (Å²) in [5.74, 6) is 0. The summed E-state index contributed by atoms with van der Waals surface area (Å²) in [4.78, 5) is 14.6. The zero-order valence-electron chi connectivity index (χ0n) is 8.86. The van der Waals surface area contributed by atoms with Gasteiger partial charge < -0.3 is 0 Å². The minimum atomic E-state index is -1.16. The lowest BCUT2D eigenvalue weighted by atomic mass is 10.0. The Balaban J connectivity index is 2.71. The van der Waals surface area contributed by atoms with Gasteiger partial charge in [-0.25, -0.2) is 4.99 Å². The van der Waals surface area contributed by atoms with E-state index in [9.17, 15) is 10.1 Å². The van der Waals surface area contributed by atoms with Gasteiger partial charge in [0.05, 0.1) is 4.58 Å². The van der Waals surface area contributed by atoms with E-state index in [4.69, 9.17) is 0 Å². The van der Waals surface area contributed by atoms with Crippen molar-refractivity contribution in [3.05, 3.63) is 34.5 Å². The highest BCUT2D eigenvalue weighted by molar-refractivity contribution is 8.83. The molecule has 0 aliphatic carbocycles. The average molecular weight is 276 g/mol. The van der Waals surface area contributed by atoms with E-state index in [1.54, 1.807) is 22.9 Å². The summed E-state index contributed by atoms with van der Waals surface area (Å²) in [7, 11) is 3.01. The molecule has 0 aromatic rings. The predicted molar refractivity (Wildman–Crippen MR) is 74.7 cm³/mol. The van der Waals surface area contributed by atoms with Crippen molar-refractivity contribution in [1.82, 2.24) is 0 Å². The number of aliphatic imine (C=N–C) groups is 1. The standard InChI is InChI=1S/C9H12N2O2S3/c1-7(14)15-16-8-3-4-9(2,11(12)13)5-6-10-8/h3-7,14H,1-2H3. The van der Waals surface area contributed by atoms with E-state index in [-0.39, 0.29) is 9.51 Å². The molecule has 0 radical (unpaired) electrons. The quantitative estimate of drug-likeness (QED) is 0.283. The third-order valence-corrected chi connectivity index (χ3v) is 5.04. The molecule has 2 unspecified atom stereocenters. The molecule has 1 heterocycles. The third kappa shape index (κ3) is 3.88. The minimum Gasteiger partial charge on any atom is -0.263 e. The predicted octanol–water partition coefficient (Wildman–Crippen LogP) is 3.16. The summed E-state index contributed by atoms with van der Waals surface area (Å²) < 4.78 is 0.190. The molecule has 0 aromatic carbocycles. The van der Waals surface area contributed by atoms with Gasteiger partial charge in [0.1, 0.15) is 5.04 Å². The van der Waals surface area contributed by atoms with Gasteiger partial charge >= 0.3 is 0 Å². The minimum absolute atomic E-state index is 0.190. The molecule has 88 valence electrons. The van der Waals surface area contributed by atoms with Crippen LogP contribution in [0.4, 0.5) is 0 Å². The summed E-state index contributed by atoms with van der Waals surface area (Å²) in [5, 5.41) is 11.6. The van der Waals surface area contributed by atoms with E-state index in [1.807, 2.05) is 6.92 Å². The molecule has 1 rings (SSSR count). The van der Waals surface area contributed by atoms with Crippen LogP contribution in [0.25, 0.3) is 0 Å². The topological polar surface area (TPSA) is 55.5 Å². The molecule has 0 fully saturated rings. The number of rotatable bonds is 3. The maximum absolute atomic E-state index is 10.8. The first-order valence-electron chi connectivity index (χ1n) is 4.55. The van der Waals surface area contributed by atoms with Gasteiger partial charge in [-0.05, 0) is 29.9 Å². The fourth-order valence-corrected chi connectivity index (χ4v) is 2.75. The Labute approximate surface area is 108 Å². The number of nitro groups is 1. The van der Waals surface area contributed by atoms with Gasteiger partial charge in [-0.2, -0.15) is 12.6 Å². The molecule has 4 nitrogen and oxygen atoms in total. The molecular weight excluding hydrogens is 264 g/mol. The second-order valence-corrected chi connectivity index (χ2v) is 7.06. The van der Waals surface area contributed by atoms with Crippen LogP contribution in [-0.4, -0.2) is 20.1 Å². The highest BCUT2D eigenvalue weighted by Crippen LogP contribution is 2.31. The molecule has 2 atom stereocenters. The second kappa shape index (κ2) is 5.79. The average Bonchev–Trinajstić information content (AvgIpc) is 2.38. The van der Waals surface area contributed by atoms with Crippen LogP contribution < -0.4 is 0 Å². The molecule has 0 spiro atoms. The number of thiol groups is 1. The summed E-state index contributed by atoms with van der Waals surface area (Å²) in [6, 6.07) is 0. The van der Waals surface area contributed by atoms with Crippen molar-refractivity contribution < 1.29 is 4.92 Å². The Bertz CT molecular complexity index is 366. The van der Waals surface area contributed by atoms with Crippen molar-refractivity contribution in [1.29, 1.82) is 0 Å². The zero-order chi connectivity index (χ0) is 12.2. The summed E-state index contributed by atoms with van der Waals surface area (Å²) in [5.41, 5.74) is -1.16. The molecule has 0 saturated heterocycles. The molecule has 7 heteroatoms. The SMILES string of the molecule is CC(S)SSC1=NC=CC(C)([N+](=O)[O-])C=C1. The van der Waals surface area contributed by atoms with Gasteiger partial charge in [-0.1, -0.05) is 10.8 Å². The number of hydrogen-bond donors (Lipinski definition) is 1. The number of hydrogen-bond acceptors (Lipinski definition) is 6. The molecule has 1 aliphatic rings. The lowest BCUT2D eigenvalue weighted by molar-refractivity contribution is -0.535. The summed E-state index contributed by atoms with van der Waals surface area (Å²) in [6.45, 7) is 3.50. The molecule has 0 N–H and O–H groups in total. The fraction of sp³-hybridized carbons (Fsp3) is 0.444. The van der Waals surface area contributed by atoms with E-state index in [0.717, 1.165) is 5.04 Å². The van der Waals surface area contributed by atoms with Crippen molar-refractivity contribution in [2.75, 3.05) is 0 Å². The third-order valence-electron chi connectivity index (χ3n) is 1.84. The largest absolute Gasteiger partial charge is 0.263 e. The zero-order valence-corrected chi connectivity index (χ0v) is 11.4. The second-order valence-electron chi connectivity index (χ2n) is 3.38. The molecule has 16 heavy (non-hydrogen) atoms. The van der Waals surface area contributed by atoms with E-state index in [2.05, 4.69) is 17.6 Å². The molecule has 1 aliphatic heterocycles. The number of nitrogens with zero attached hydrogens (tertiary/aromatic N) is 2. The van der Waals surface area contributed by atoms with Gasteiger partial charge in [0.2, 0.25) is 0 Å².